The second-order valence-electron chi connectivity index (χ2n) is 8.43. The Morgan fingerprint density at radius 1 is 1.31 bits per heavy atom. The van der Waals surface area contributed by atoms with Gasteiger partial charge in [-0.1, -0.05) is 91.0 Å². The van der Waals surface area contributed by atoms with Gasteiger partial charge in [-0.2, -0.15) is 0 Å². The molecule has 2 unspecified atom stereocenters. The number of rotatable bonds is 7. The van der Waals surface area contributed by atoms with Crippen LogP contribution < -0.4 is 10.5 Å². The lowest BCUT2D eigenvalue weighted by Gasteiger charge is -2.20. The molecule has 1 heterocycles. The average Bonchev–Trinajstić information content (AvgIpc) is 2.65. The molecule has 1 rings (SSSR count). The van der Waals surface area contributed by atoms with Crippen LogP contribution in [0.25, 0.3) is 0 Å². The lowest BCUT2D eigenvalue weighted by atomic mass is 9.93. The number of nitrogens with one attached hydrogen (secondary N) is 1. The summed E-state index contributed by atoms with van der Waals surface area (Å²) in [5.41, 5.74) is 0.542. The normalized spacial score (nSPS) is 18.4. The Morgan fingerprint density at radius 3 is 2.28 bits per heavy atom. The molecule has 0 aromatic rings. The molecule has 0 aromatic carbocycles. The average molecular weight is 429 g/mol. The lowest BCUT2D eigenvalue weighted by molar-refractivity contribution is -0.136. The zero-order chi connectivity index (χ0) is 22.9. The number of imide groups is 1. The third-order valence-electron chi connectivity index (χ3n) is 4.49. The smallest absolute Gasteiger partial charge is 0.229 e. The number of hydrogen-bond donors (Lipinski definition) is 3. The molecule has 2 amide bonds. The molecule has 1 saturated heterocycles. The van der Waals surface area contributed by atoms with E-state index in [1.807, 2.05) is 19.1 Å². The highest BCUT2D eigenvalue weighted by Gasteiger charge is 2.25. The fraction of sp³-hybridized carbons (Fsp3) is 0.739. The van der Waals surface area contributed by atoms with E-state index in [1.165, 1.54) is 18.4 Å². The molecule has 29 heavy (non-hydrogen) atoms. The minimum absolute atomic E-state index is 0.0697. The van der Waals surface area contributed by atoms with E-state index in [-0.39, 0.29) is 23.8 Å². The van der Waals surface area contributed by atoms with Crippen molar-refractivity contribution in [1.29, 1.82) is 0 Å². The van der Waals surface area contributed by atoms with Crippen LogP contribution in [0.15, 0.2) is 23.1 Å². The van der Waals surface area contributed by atoms with E-state index in [1.54, 1.807) is 13.0 Å². The van der Waals surface area contributed by atoms with Crippen molar-refractivity contribution in [2.75, 3.05) is 0 Å². The first-order valence-electron chi connectivity index (χ1n) is 10.8. The maximum Gasteiger partial charge on any atom is 0.229 e. The van der Waals surface area contributed by atoms with Crippen molar-refractivity contribution in [2.45, 2.75) is 99.5 Å². The van der Waals surface area contributed by atoms with Crippen LogP contribution in [-0.4, -0.2) is 23.0 Å². The van der Waals surface area contributed by atoms with Crippen LogP contribution in [0.5, 0.6) is 0 Å². The van der Waals surface area contributed by atoms with Gasteiger partial charge in [0.2, 0.25) is 11.8 Å². The van der Waals surface area contributed by atoms with Gasteiger partial charge in [-0.3, -0.25) is 20.0 Å². The van der Waals surface area contributed by atoms with Crippen LogP contribution in [0.2, 0.25) is 0 Å². The van der Waals surface area contributed by atoms with E-state index in [0.29, 0.717) is 11.8 Å². The zero-order valence-corrected chi connectivity index (χ0v) is 20.4. The number of nitrogens with two attached hydrogens (primary N) is 1. The molecule has 0 aromatic heterocycles. The first-order chi connectivity index (χ1) is 13.5. The second-order valence-corrected chi connectivity index (χ2v) is 9.19. The molecule has 170 valence electrons. The number of aliphatic hydroxyl groups excluding tert-OH is 1. The minimum Gasteiger partial charge on any atom is -0.389 e. The quantitative estimate of drug-likeness (QED) is 0.283. The summed E-state index contributed by atoms with van der Waals surface area (Å²) >= 11 is 1.25. The summed E-state index contributed by atoms with van der Waals surface area (Å²) in [6, 6.07) is 0. The van der Waals surface area contributed by atoms with Gasteiger partial charge in [0.05, 0.1) is 6.10 Å². The first kappa shape index (κ1) is 30.1. The van der Waals surface area contributed by atoms with Gasteiger partial charge < -0.3 is 5.11 Å². The van der Waals surface area contributed by atoms with Gasteiger partial charge in [0.1, 0.15) is 0 Å². The van der Waals surface area contributed by atoms with Crippen molar-refractivity contribution >= 4 is 23.8 Å². The van der Waals surface area contributed by atoms with Crippen molar-refractivity contribution in [3.63, 3.8) is 0 Å². The van der Waals surface area contributed by atoms with E-state index in [9.17, 15) is 9.59 Å². The van der Waals surface area contributed by atoms with Crippen molar-refractivity contribution in [1.82, 2.24) is 5.32 Å². The highest BCUT2D eigenvalue weighted by molar-refractivity contribution is 8.00. The number of hydrogen-bond acceptors (Lipinski definition) is 5. The minimum atomic E-state index is -0.382. The second kappa shape index (κ2) is 17.7. The topological polar surface area (TPSA) is 92.4 Å². The summed E-state index contributed by atoms with van der Waals surface area (Å²) < 4.78 is 0. The highest BCUT2D eigenvalue weighted by atomic mass is 32.2. The van der Waals surface area contributed by atoms with Gasteiger partial charge in [0.15, 0.2) is 0 Å². The Kier molecular flexibility index (Phi) is 18.4. The maximum absolute atomic E-state index is 11.2. The van der Waals surface area contributed by atoms with Gasteiger partial charge >= 0.3 is 0 Å². The van der Waals surface area contributed by atoms with Crippen LogP contribution >= 0.6 is 11.9 Å². The Hall–Kier alpha value is -1.11. The Labute approximate surface area is 183 Å². The van der Waals surface area contributed by atoms with Gasteiger partial charge in [0.25, 0.3) is 0 Å². The van der Waals surface area contributed by atoms with E-state index >= 15 is 0 Å². The summed E-state index contributed by atoms with van der Waals surface area (Å²) in [5, 5.41) is 16.6. The zero-order valence-electron chi connectivity index (χ0n) is 19.6. The fourth-order valence-electron chi connectivity index (χ4n) is 2.03. The Bertz CT molecular complexity index is 503. The van der Waals surface area contributed by atoms with E-state index in [4.69, 9.17) is 10.2 Å². The summed E-state index contributed by atoms with van der Waals surface area (Å²) in [4.78, 5) is 23.1. The standard InChI is InChI=1S/C9H15NO2.C8H15NOS.C6H14/c1-2-3-4-7-5-6-8(11)10-9(7)12;1-3-8(11-9)6-4-5-7(2)10;1-5-6(2,3)4/h7H,2-6H2,1H3,(H,10,11,12);4-7,10H,3,9H2,1-2H3;5H2,1-4H3/b;5-4-,8-6+;. The number of piperidine rings is 1. The molecule has 4 N–H and O–H groups in total. The number of allylic oxidation sites excluding steroid dienone is 3. The van der Waals surface area contributed by atoms with Crippen molar-refractivity contribution < 1.29 is 14.7 Å². The van der Waals surface area contributed by atoms with Gasteiger partial charge in [-0.05, 0) is 36.5 Å². The third kappa shape index (κ3) is 20.0. The highest BCUT2D eigenvalue weighted by Crippen LogP contribution is 2.18. The third-order valence-corrected chi connectivity index (χ3v) is 5.22. The molecule has 5 nitrogen and oxygen atoms in total. The van der Waals surface area contributed by atoms with Crippen LogP contribution in [0.3, 0.4) is 0 Å². The summed E-state index contributed by atoms with van der Waals surface area (Å²) in [7, 11) is 0. The molecule has 1 aliphatic heterocycles. The summed E-state index contributed by atoms with van der Waals surface area (Å²) in [6.07, 6.45) is 11.6. The van der Waals surface area contributed by atoms with E-state index in [2.05, 4.69) is 39.9 Å². The number of aliphatic hydroxyl groups is 1. The van der Waals surface area contributed by atoms with Crippen LogP contribution in [0.4, 0.5) is 0 Å². The fourth-order valence-corrected chi connectivity index (χ4v) is 2.35. The van der Waals surface area contributed by atoms with Crippen LogP contribution in [-0.2, 0) is 9.59 Å². The molecule has 0 aliphatic carbocycles. The molecule has 1 fully saturated rings. The predicted octanol–water partition coefficient (Wildman–Crippen LogP) is 5.50. The SMILES string of the molecule is CC/C(=C\C=C/C(C)O)SN.CCC(C)(C)C.CCCCC1CCC(=O)NC1=O. The molecule has 0 bridgehead atoms. The number of carbonyl (C=O) groups is 2. The first-order valence-corrected chi connectivity index (χ1v) is 11.6. The van der Waals surface area contributed by atoms with Gasteiger partial charge in [-0.15, -0.1) is 0 Å². The molecule has 6 heteroatoms. The Morgan fingerprint density at radius 2 is 1.90 bits per heavy atom. The lowest BCUT2D eigenvalue weighted by Crippen LogP contribution is -2.40. The van der Waals surface area contributed by atoms with Crippen LogP contribution in [0, 0.1) is 11.3 Å². The summed E-state index contributed by atoms with van der Waals surface area (Å²) in [5.74, 6) is -0.102. The molecule has 2 atom stereocenters. The molecule has 0 radical (unpaired) electrons. The van der Waals surface area contributed by atoms with Crippen molar-refractivity contribution in [3.05, 3.63) is 23.1 Å². The number of carbonyl (C=O) groups excluding carboxylic acids is 2. The van der Waals surface area contributed by atoms with E-state index in [0.717, 1.165) is 37.0 Å². The number of unbranched alkanes of at least 4 members (excludes halogenated alkanes) is 1. The van der Waals surface area contributed by atoms with Gasteiger partial charge in [-0.25, -0.2) is 0 Å². The molecule has 0 spiro atoms. The molecule has 0 saturated carbocycles. The maximum atomic E-state index is 11.2. The predicted molar refractivity (Wildman–Crippen MR) is 126 cm³/mol. The van der Waals surface area contributed by atoms with Crippen LogP contribution in [0.1, 0.15) is 93.4 Å². The Balaban J connectivity index is 0. The van der Waals surface area contributed by atoms with Gasteiger partial charge in [0, 0.05) is 12.3 Å². The molecular formula is C23H44N2O3S. The van der Waals surface area contributed by atoms with Crippen molar-refractivity contribution in [2.24, 2.45) is 16.5 Å². The largest absolute Gasteiger partial charge is 0.389 e. The number of amides is 2. The molecular weight excluding hydrogens is 384 g/mol. The van der Waals surface area contributed by atoms with E-state index < -0.39 is 0 Å². The summed E-state index contributed by atoms with van der Waals surface area (Å²) in [6.45, 7) is 14.8. The monoisotopic (exact) mass is 428 g/mol. The molecule has 1 aliphatic rings. The van der Waals surface area contributed by atoms with Crippen molar-refractivity contribution in [3.8, 4) is 0 Å².